The Labute approximate surface area is 71.5 Å². The summed E-state index contributed by atoms with van der Waals surface area (Å²) < 4.78 is 13.0. The summed E-state index contributed by atoms with van der Waals surface area (Å²) in [5, 5.41) is 2.90. The molecule has 68 valence electrons. The van der Waals surface area contributed by atoms with Crippen LogP contribution in [-0.4, -0.2) is 17.1 Å². The van der Waals surface area contributed by atoms with E-state index in [9.17, 15) is 9.18 Å². The van der Waals surface area contributed by atoms with Crippen LogP contribution < -0.4 is 5.32 Å². The largest absolute Gasteiger partial charge is 0.350 e. The van der Waals surface area contributed by atoms with Crippen molar-refractivity contribution in [2.75, 3.05) is 0 Å². The highest BCUT2D eigenvalue weighted by atomic mass is 19.1. The molecule has 3 heteroatoms. The molecule has 0 saturated heterocycles. The average molecular weight is 171 g/mol. The molecule has 0 atom stereocenters. The molecule has 3 aliphatic carbocycles. The standard InChI is InChI=1S/C9H14FNO/c1-6(2)7(12)11-9-3-8(10,4-9)5-9/h6H,3-5H2,1-2H3,(H,11,12). The van der Waals surface area contributed by atoms with E-state index in [4.69, 9.17) is 0 Å². The lowest BCUT2D eigenvalue weighted by molar-refractivity contribution is -0.176. The van der Waals surface area contributed by atoms with Gasteiger partial charge >= 0.3 is 0 Å². The van der Waals surface area contributed by atoms with Gasteiger partial charge < -0.3 is 5.32 Å². The van der Waals surface area contributed by atoms with E-state index in [2.05, 4.69) is 5.32 Å². The van der Waals surface area contributed by atoms with Crippen LogP contribution in [0, 0.1) is 5.92 Å². The molecule has 2 bridgehead atoms. The molecule has 0 aliphatic heterocycles. The molecule has 0 aromatic carbocycles. The third kappa shape index (κ3) is 0.952. The smallest absolute Gasteiger partial charge is 0.222 e. The Morgan fingerprint density at radius 1 is 1.42 bits per heavy atom. The first-order valence-corrected chi connectivity index (χ1v) is 4.46. The fourth-order valence-corrected chi connectivity index (χ4v) is 2.20. The van der Waals surface area contributed by atoms with Crippen LogP contribution in [-0.2, 0) is 4.79 Å². The van der Waals surface area contributed by atoms with Gasteiger partial charge in [-0.25, -0.2) is 4.39 Å². The van der Waals surface area contributed by atoms with Gasteiger partial charge in [0.15, 0.2) is 0 Å². The molecule has 3 fully saturated rings. The normalized spacial score (nSPS) is 43.3. The molecule has 0 radical (unpaired) electrons. The molecule has 0 aromatic heterocycles. The summed E-state index contributed by atoms with van der Waals surface area (Å²) in [6.45, 7) is 3.71. The molecular weight excluding hydrogens is 157 g/mol. The highest BCUT2D eigenvalue weighted by Gasteiger charge is 2.69. The SMILES string of the molecule is CC(C)C(=O)NC12CC(F)(C1)C2. The average Bonchev–Trinajstić information content (AvgIpc) is 1.81. The van der Waals surface area contributed by atoms with E-state index in [0.717, 1.165) is 0 Å². The van der Waals surface area contributed by atoms with Crippen molar-refractivity contribution in [3.8, 4) is 0 Å². The minimum atomic E-state index is -0.912. The van der Waals surface area contributed by atoms with E-state index in [1.165, 1.54) is 0 Å². The number of nitrogens with one attached hydrogen (secondary N) is 1. The zero-order chi connectivity index (χ0) is 8.98. The quantitative estimate of drug-likeness (QED) is 0.668. The molecule has 0 heterocycles. The van der Waals surface area contributed by atoms with Gasteiger partial charge in [0.05, 0.1) is 0 Å². The van der Waals surface area contributed by atoms with Crippen LogP contribution in [0.5, 0.6) is 0 Å². The van der Waals surface area contributed by atoms with Crippen molar-refractivity contribution >= 4 is 5.91 Å². The monoisotopic (exact) mass is 171 g/mol. The van der Waals surface area contributed by atoms with Crippen molar-refractivity contribution in [3.05, 3.63) is 0 Å². The van der Waals surface area contributed by atoms with Gasteiger partial charge in [0.2, 0.25) is 5.91 Å². The number of carbonyl (C=O) groups is 1. The summed E-state index contributed by atoms with van der Waals surface area (Å²) >= 11 is 0. The molecule has 3 rings (SSSR count). The zero-order valence-corrected chi connectivity index (χ0v) is 7.48. The Bertz CT molecular complexity index is 217. The van der Waals surface area contributed by atoms with E-state index in [1.807, 2.05) is 13.8 Å². The lowest BCUT2D eigenvalue weighted by Gasteiger charge is -2.65. The minimum absolute atomic E-state index is 0.00888. The van der Waals surface area contributed by atoms with Gasteiger partial charge in [-0.1, -0.05) is 13.8 Å². The van der Waals surface area contributed by atoms with E-state index >= 15 is 0 Å². The lowest BCUT2D eigenvalue weighted by atomic mass is 9.47. The van der Waals surface area contributed by atoms with Crippen LogP contribution in [0.15, 0.2) is 0 Å². The van der Waals surface area contributed by atoms with E-state index < -0.39 is 5.67 Å². The van der Waals surface area contributed by atoms with E-state index in [0.29, 0.717) is 19.3 Å². The van der Waals surface area contributed by atoms with E-state index in [1.54, 1.807) is 0 Å². The Hall–Kier alpha value is -0.600. The van der Waals surface area contributed by atoms with Gasteiger partial charge in [-0.2, -0.15) is 0 Å². The minimum Gasteiger partial charge on any atom is -0.350 e. The van der Waals surface area contributed by atoms with Crippen LogP contribution in [0.2, 0.25) is 0 Å². The van der Waals surface area contributed by atoms with Gasteiger partial charge in [0, 0.05) is 30.7 Å². The highest BCUT2D eigenvalue weighted by Crippen LogP contribution is 2.62. The molecule has 3 aliphatic rings. The summed E-state index contributed by atoms with van der Waals surface area (Å²) in [6, 6.07) is 0. The third-order valence-corrected chi connectivity index (χ3v) is 2.88. The Morgan fingerprint density at radius 2 is 1.92 bits per heavy atom. The number of halogens is 1. The summed E-state index contributed by atoms with van der Waals surface area (Å²) in [5.74, 6) is 0.0614. The topological polar surface area (TPSA) is 29.1 Å². The second kappa shape index (κ2) is 2.01. The Morgan fingerprint density at radius 3 is 2.25 bits per heavy atom. The molecule has 3 saturated carbocycles. The highest BCUT2D eigenvalue weighted by molar-refractivity contribution is 5.79. The van der Waals surface area contributed by atoms with E-state index in [-0.39, 0.29) is 17.4 Å². The Kier molecular flexibility index (Phi) is 1.34. The lowest BCUT2D eigenvalue weighted by Crippen LogP contribution is -2.77. The Balaban J connectivity index is 1.86. The van der Waals surface area contributed by atoms with Gasteiger partial charge in [-0.3, -0.25) is 4.79 Å². The molecule has 2 nitrogen and oxygen atoms in total. The molecule has 12 heavy (non-hydrogen) atoms. The van der Waals surface area contributed by atoms with Crippen molar-refractivity contribution in [3.63, 3.8) is 0 Å². The molecule has 1 N–H and O–H groups in total. The number of hydrogen-bond donors (Lipinski definition) is 1. The first-order chi connectivity index (χ1) is 5.45. The van der Waals surface area contributed by atoms with Crippen LogP contribution in [0.3, 0.4) is 0 Å². The maximum atomic E-state index is 13.0. The first-order valence-electron chi connectivity index (χ1n) is 4.46. The fourth-order valence-electron chi connectivity index (χ4n) is 2.20. The van der Waals surface area contributed by atoms with Gasteiger partial charge in [0.25, 0.3) is 0 Å². The van der Waals surface area contributed by atoms with Gasteiger partial charge in [-0.15, -0.1) is 0 Å². The number of alkyl halides is 1. The molecule has 0 spiro atoms. The number of carbonyl (C=O) groups excluding carboxylic acids is 1. The van der Waals surface area contributed by atoms with Crippen molar-refractivity contribution < 1.29 is 9.18 Å². The van der Waals surface area contributed by atoms with Gasteiger partial charge in [0.1, 0.15) is 5.67 Å². The maximum Gasteiger partial charge on any atom is 0.222 e. The van der Waals surface area contributed by atoms with Crippen molar-refractivity contribution in [1.82, 2.24) is 5.32 Å². The second-order valence-corrected chi connectivity index (χ2v) is 4.61. The summed E-state index contributed by atoms with van der Waals surface area (Å²) in [7, 11) is 0. The van der Waals surface area contributed by atoms with Crippen LogP contribution >= 0.6 is 0 Å². The first kappa shape index (κ1) is 8.02. The molecule has 0 aromatic rings. The number of amides is 1. The summed E-state index contributed by atoms with van der Waals surface area (Å²) in [5.41, 5.74) is -1.06. The predicted octanol–water partition coefficient (Wildman–Crippen LogP) is 1.40. The van der Waals surface area contributed by atoms with Crippen LogP contribution in [0.1, 0.15) is 33.1 Å². The van der Waals surface area contributed by atoms with Crippen molar-refractivity contribution in [2.45, 2.75) is 44.3 Å². The molecular formula is C9H14FNO. The second-order valence-electron chi connectivity index (χ2n) is 4.61. The van der Waals surface area contributed by atoms with Crippen LogP contribution in [0.4, 0.5) is 4.39 Å². The molecule has 0 unspecified atom stereocenters. The number of hydrogen-bond acceptors (Lipinski definition) is 1. The number of rotatable bonds is 2. The van der Waals surface area contributed by atoms with Gasteiger partial charge in [-0.05, 0) is 0 Å². The fraction of sp³-hybridized carbons (Fsp3) is 0.889. The van der Waals surface area contributed by atoms with Crippen molar-refractivity contribution in [2.24, 2.45) is 5.92 Å². The maximum absolute atomic E-state index is 13.0. The third-order valence-electron chi connectivity index (χ3n) is 2.88. The van der Waals surface area contributed by atoms with Crippen LogP contribution in [0.25, 0.3) is 0 Å². The molecule has 1 amide bonds. The zero-order valence-electron chi connectivity index (χ0n) is 7.48. The van der Waals surface area contributed by atoms with Crippen molar-refractivity contribution in [1.29, 1.82) is 0 Å². The summed E-state index contributed by atoms with van der Waals surface area (Å²) in [4.78, 5) is 11.2. The summed E-state index contributed by atoms with van der Waals surface area (Å²) in [6.07, 6.45) is 1.62. The predicted molar refractivity (Wildman–Crippen MR) is 43.4 cm³/mol.